The van der Waals surface area contributed by atoms with Crippen molar-refractivity contribution < 1.29 is 22.4 Å². The van der Waals surface area contributed by atoms with Crippen LogP contribution in [0.4, 0.5) is 0 Å². The number of hydrogen-bond donors (Lipinski definition) is 2. The predicted octanol–water partition coefficient (Wildman–Crippen LogP) is 5.64. The zero-order valence-corrected chi connectivity index (χ0v) is 18.8. The molecule has 0 radical (unpaired) electrons. The van der Waals surface area contributed by atoms with Crippen molar-refractivity contribution in [3.63, 3.8) is 0 Å². The van der Waals surface area contributed by atoms with E-state index in [0.29, 0.717) is 11.3 Å². The van der Waals surface area contributed by atoms with Gasteiger partial charge in [0.1, 0.15) is 35.2 Å². The highest BCUT2D eigenvalue weighted by Gasteiger charge is 2.30. The maximum atomic E-state index is 10.0. The maximum absolute atomic E-state index is 10.0. The van der Waals surface area contributed by atoms with E-state index in [4.69, 9.17) is 12.2 Å². The molecular formula is C28H29NO4. The first-order valence-corrected chi connectivity index (χ1v) is 11.3. The van der Waals surface area contributed by atoms with Gasteiger partial charge in [0, 0.05) is 30.3 Å². The highest BCUT2D eigenvalue weighted by molar-refractivity contribution is 5.95. The van der Waals surface area contributed by atoms with E-state index in [1.54, 1.807) is 36.4 Å². The van der Waals surface area contributed by atoms with Crippen LogP contribution in [0, 0.1) is 0 Å². The number of phenols is 2. The van der Waals surface area contributed by atoms with Crippen molar-refractivity contribution in [1.29, 1.82) is 0 Å². The smallest absolute Gasteiger partial charge is 0.150 e. The molecule has 3 aromatic carbocycles. The molecule has 33 heavy (non-hydrogen) atoms. The van der Waals surface area contributed by atoms with Gasteiger partial charge < -0.3 is 19.7 Å². The molecule has 0 spiro atoms. The van der Waals surface area contributed by atoms with Crippen LogP contribution in [0.3, 0.4) is 0 Å². The number of hydrogen-bond acceptors (Lipinski definition) is 5. The van der Waals surface area contributed by atoms with Crippen molar-refractivity contribution in [1.82, 2.24) is 4.90 Å². The Morgan fingerprint density at radius 2 is 1.73 bits per heavy atom. The first-order chi connectivity index (χ1) is 16.8. The van der Waals surface area contributed by atoms with E-state index < -0.39 is 6.10 Å². The average molecular weight is 446 g/mol. The number of benzene rings is 3. The second-order valence-corrected chi connectivity index (χ2v) is 8.67. The summed E-state index contributed by atoms with van der Waals surface area (Å²) in [5.74, 6) is 1.10. The largest absolute Gasteiger partial charge is 0.508 e. The Balaban J connectivity index is 1.52. The summed E-state index contributed by atoms with van der Waals surface area (Å²) in [6.07, 6.45) is 0.490. The number of likely N-dealkylation sites (tertiary alicyclic amines) is 1. The molecule has 1 saturated heterocycles. The lowest BCUT2D eigenvalue weighted by Crippen LogP contribution is -2.53. The molecule has 1 unspecified atom stereocenters. The number of rotatable bonds is 6. The SMILES string of the molecule is [2H]c1cc(C2Oc3cc(O)ccc3C(C)=C2c2ccc(O)cc2)cc([2H])c1OC1CN(CCC)C1. The van der Waals surface area contributed by atoms with E-state index in [2.05, 4.69) is 11.8 Å². The zero-order chi connectivity index (χ0) is 24.7. The molecule has 0 aliphatic carbocycles. The van der Waals surface area contributed by atoms with Crippen molar-refractivity contribution in [3.05, 3.63) is 83.4 Å². The number of allylic oxidation sites excluding steroid dienone is 1. The van der Waals surface area contributed by atoms with Crippen molar-refractivity contribution >= 4 is 11.1 Å². The molecule has 170 valence electrons. The fraction of sp³-hybridized carbons (Fsp3) is 0.286. The zero-order valence-electron chi connectivity index (χ0n) is 20.8. The Hall–Kier alpha value is -3.44. The molecule has 2 aliphatic heterocycles. The fourth-order valence-electron chi connectivity index (χ4n) is 4.55. The molecule has 2 N–H and O–H groups in total. The summed E-state index contributed by atoms with van der Waals surface area (Å²) in [7, 11) is 0. The van der Waals surface area contributed by atoms with Crippen LogP contribution in [0.1, 0.15) is 45.8 Å². The molecular weight excluding hydrogens is 414 g/mol. The molecule has 1 atom stereocenters. The summed E-state index contributed by atoms with van der Waals surface area (Å²) in [5, 5.41) is 19.8. The van der Waals surface area contributed by atoms with E-state index in [1.807, 2.05) is 25.1 Å². The van der Waals surface area contributed by atoms with Crippen LogP contribution >= 0.6 is 0 Å². The van der Waals surface area contributed by atoms with Crippen LogP contribution in [-0.2, 0) is 0 Å². The summed E-state index contributed by atoms with van der Waals surface area (Å²) < 4.78 is 29.6. The summed E-state index contributed by atoms with van der Waals surface area (Å²) in [5.41, 5.74) is 4.23. The van der Waals surface area contributed by atoms with Gasteiger partial charge in [-0.2, -0.15) is 0 Å². The normalized spacial score (nSPS) is 19.3. The second kappa shape index (κ2) is 8.83. The van der Waals surface area contributed by atoms with Crippen LogP contribution in [0.2, 0.25) is 0 Å². The third kappa shape index (κ3) is 4.29. The van der Waals surface area contributed by atoms with Crippen LogP contribution in [-0.4, -0.2) is 40.9 Å². The molecule has 5 nitrogen and oxygen atoms in total. The number of ether oxygens (including phenoxy) is 2. The Morgan fingerprint density at radius 1 is 1.03 bits per heavy atom. The van der Waals surface area contributed by atoms with Gasteiger partial charge in [-0.3, -0.25) is 4.90 Å². The lowest BCUT2D eigenvalue weighted by Gasteiger charge is -2.38. The van der Waals surface area contributed by atoms with Gasteiger partial charge in [-0.1, -0.05) is 31.2 Å². The minimum absolute atomic E-state index is 0.00363. The third-order valence-corrected chi connectivity index (χ3v) is 6.25. The summed E-state index contributed by atoms with van der Waals surface area (Å²) in [4.78, 5) is 2.30. The summed E-state index contributed by atoms with van der Waals surface area (Å²) in [6.45, 7) is 6.79. The third-order valence-electron chi connectivity index (χ3n) is 6.25. The topological polar surface area (TPSA) is 62.2 Å². The number of aromatic hydroxyl groups is 2. The Bertz CT molecular complexity index is 1260. The monoisotopic (exact) mass is 445 g/mol. The first kappa shape index (κ1) is 19.1. The van der Waals surface area contributed by atoms with Crippen molar-refractivity contribution in [2.24, 2.45) is 0 Å². The Kier molecular flexibility index (Phi) is 5.10. The van der Waals surface area contributed by atoms with Crippen molar-refractivity contribution in [3.8, 4) is 23.0 Å². The van der Waals surface area contributed by atoms with Gasteiger partial charge >= 0.3 is 0 Å². The van der Waals surface area contributed by atoms with Gasteiger partial charge in [-0.05, 0) is 72.9 Å². The van der Waals surface area contributed by atoms with E-state index in [9.17, 15) is 10.2 Å². The molecule has 0 amide bonds. The molecule has 3 aromatic rings. The van der Waals surface area contributed by atoms with Crippen LogP contribution in [0.15, 0.2) is 66.7 Å². The molecule has 2 heterocycles. The highest BCUT2D eigenvalue weighted by atomic mass is 16.5. The summed E-state index contributed by atoms with van der Waals surface area (Å²) >= 11 is 0. The van der Waals surface area contributed by atoms with Gasteiger partial charge in [-0.25, -0.2) is 0 Å². The van der Waals surface area contributed by atoms with Gasteiger partial charge in [0.15, 0.2) is 0 Å². The minimum atomic E-state index is -0.597. The lowest BCUT2D eigenvalue weighted by atomic mass is 9.86. The molecule has 1 fully saturated rings. The van der Waals surface area contributed by atoms with Gasteiger partial charge in [0.25, 0.3) is 0 Å². The quantitative estimate of drug-likeness (QED) is 0.515. The lowest BCUT2D eigenvalue weighted by molar-refractivity contribution is 0.0202. The fourth-order valence-corrected chi connectivity index (χ4v) is 4.55. The molecule has 5 heteroatoms. The highest BCUT2D eigenvalue weighted by Crippen LogP contribution is 2.47. The van der Waals surface area contributed by atoms with E-state index in [1.165, 1.54) is 0 Å². The molecule has 0 saturated carbocycles. The minimum Gasteiger partial charge on any atom is -0.508 e. The van der Waals surface area contributed by atoms with E-state index in [-0.39, 0.29) is 35.4 Å². The van der Waals surface area contributed by atoms with E-state index in [0.717, 1.165) is 48.3 Å². The number of phenolic OH excluding ortho intramolecular Hbond substituents is 2. The maximum Gasteiger partial charge on any atom is 0.150 e. The Morgan fingerprint density at radius 3 is 2.42 bits per heavy atom. The molecule has 0 aromatic heterocycles. The van der Waals surface area contributed by atoms with Crippen molar-refractivity contribution in [2.75, 3.05) is 19.6 Å². The predicted molar refractivity (Wildman–Crippen MR) is 130 cm³/mol. The molecule has 0 bridgehead atoms. The van der Waals surface area contributed by atoms with Crippen molar-refractivity contribution in [2.45, 2.75) is 32.5 Å². The van der Waals surface area contributed by atoms with Gasteiger partial charge in [0.05, 0.1) is 2.74 Å². The van der Waals surface area contributed by atoms with Gasteiger partial charge in [0.2, 0.25) is 0 Å². The van der Waals surface area contributed by atoms with Crippen LogP contribution in [0.5, 0.6) is 23.0 Å². The average Bonchev–Trinajstić information content (AvgIpc) is 2.80. The van der Waals surface area contributed by atoms with Crippen LogP contribution in [0.25, 0.3) is 11.1 Å². The molecule has 5 rings (SSSR count). The number of fused-ring (bicyclic) bond motifs is 1. The second-order valence-electron chi connectivity index (χ2n) is 8.67. The Labute approximate surface area is 197 Å². The molecule has 2 aliphatic rings. The first-order valence-electron chi connectivity index (χ1n) is 12.3. The number of nitrogens with zero attached hydrogens (tertiary/aromatic N) is 1. The summed E-state index contributed by atoms with van der Waals surface area (Å²) in [6, 6.07) is 15.6. The van der Waals surface area contributed by atoms with E-state index >= 15 is 0 Å². The van der Waals surface area contributed by atoms with Crippen LogP contribution < -0.4 is 9.47 Å². The standard InChI is InChI=1S/C28H29NO4/c1-3-14-29-16-24(17-29)32-23-11-6-20(7-12-23)28-27(19-4-8-21(30)9-5-19)18(2)25-13-10-22(31)15-26(25)33-28/h4-13,15,24,28,30-31H,3,14,16-17H2,1-2H3/i11D,12D. The van der Waals surface area contributed by atoms with Gasteiger partial charge in [-0.15, -0.1) is 0 Å².